The predicted molar refractivity (Wildman–Crippen MR) is 80.7 cm³/mol. The van der Waals surface area contributed by atoms with Crippen molar-refractivity contribution >= 4 is 11.8 Å². The number of rotatable bonds is 6. The van der Waals surface area contributed by atoms with Crippen LogP contribution in [0, 0.1) is 6.92 Å². The van der Waals surface area contributed by atoms with Crippen molar-refractivity contribution in [2.24, 2.45) is 0 Å². The van der Waals surface area contributed by atoms with Crippen LogP contribution in [0.25, 0.3) is 0 Å². The third-order valence-corrected chi connectivity index (χ3v) is 3.99. The summed E-state index contributed by atoms with van der Waals surface area (Å²) in [6.07, 6.45) is 0. The van der Waals surface area contributed by atoms with Gasteiger partial charge in [0.05, 0.1) is 25.1 Å². The second-order valence-corrected chi connectivity index (χ2v) is 5.63. The number of nitrogens with zero attached hydrogens (tertiary/aromatic N) is 5. The molecule has 0 spiro atoms. The molecule has 7 nitrogen and oxygen atoms in total. The van der Waals surface area contributed by atoms with Crippen molar-refractivity contribution in [3.8, 4) is 5.75 Å². The first-order valence-corrected chi connectivity index (χ1v) is 7.67. The molecule has 0 aliphatic carbocycles. The van der Waals surface area contributed by atoms with Gasteiger partial charge in [0.25, 0.3) is 0 Å². The first-order valence-electron chi connectivity index (χ1n) is 6.68. The molecule has 0 unspecified atom stereocenters. The van der Waals surface area contributed by atoms with Crippen molar-refractivity contribution in [2.45, 2.75) is 24.4 Å². The minimum atomic E-state index is 0.606. The van der Waals surface area contributed by atoms with Crippen molar-refractivity contribution in [1.29, 1.82) is 0 Å². The Kier molecular flexibility index (Phi) is 4.38. The topological polar surface area (TPSA) is 78.9 Å². The van der Waals surface area contributed by atoms with Gasteiger partial charge in [-0.05, 0) is 35.0 Å². The summed E-state index contributed by atoms with van der Waals surface area (Å²) in [6.45, 7) is 2.50. The molecule has 3 rings (SSSR count). The summed E-state index contributed by atoms with van der Waals surface area (Å²) in [6, 6.07) is 9.74. The molecule has 0 N–H and O–H groups in total. The molecule has 0 saturated heterocycles. The van der Waals surface area contributed by atoms with Crippen LogP contribution in [-0.2, 0) is 12.3 Å². The van der Waals surface area contributed by atoms with Crippen molar-refractivity contribution < 1.29 is 9.26 Å². The Morgan fingerprint density at radius 1 is 1.27 bits per heavy atom. The van der Waals surface area contributed by atoms with Gasteiger partial charge in [-0.1, -0.05) is 29.1 Å². The second-order valence-electron chi connectivity index (χ2n) is 4.69. The summed E-state index contributed by atoms with van der Waals surface area (Å²) in [5, 5.41) is 16.4. The van der Waals surface area contributed by atoms with Crippen LogP contribution in [0.2, 0.25) is 0 Å². The van der Waals surface area contributed by atoms with E-state index in [4.69, 9.17) is 9.26 Å². The van der Waals surface area contributed by atoms with Crippen LogP contribution in [0.3, 0.4) is 0 Å². The average Bonchev–Trinajstić information content (AvgIpc) is 3.15. The number of hydrogen-bond donors (Lipinski definition) is 0. The van der Waals surface area contributed by atoms with Crippen LogP contribution >= 0.6 is 11.8 Å². The molecular weight excluding hydrogens is 302 g/mol. The third-order valence-electron chi connectivity index (χ3n) is 3.01. The molecule has 0 fully saturated rings. The lowest BCUT2D eigenvalue weighted by Gasteiger charge is -2.05. The number of methoxy groups -OCH3 is 1. The molecule has 3 aromatic rings. The summed E-state index contributed by atoms with van der Waals surface area (Å²) in [5.74, 6) is 2.28. The SMILES string of the molecule is COc1ccc(Cn2nnnc2SCc2cc(C)no2)cc1. The van der Waals surface area contributed by atoms with Crippen LogP contribution in [0.15, 0.2) is 40.0 Å². The molecule has 0 saturated carbocycles. The number of benzene rings is 1. The van der Waals surface area contributed by atoms with Crippen LogP contribution in [-0.4, -0.2) is 32.5 Å². The van der Waals surface area contributed by atoms with E-state index < -0.39 is 0 Å². The van der Waals surface area contributed by atoms with Gasteiger partial charge < -0.3 is 9.26 Å². The van der Waals surface area contributed by atoms with Crippen molar-refractivity contribution in [3.05, 3.63) is 47.3 Å². The van der Waals surface area contributed by atoms with E-state index in [1.165, 1.54) is 11.8 Å². The number of tetrazole rings is 1. The maximum atomic E-state index is 5.18. The largest absolute Gasteiger partial charge is 0.497 e. The zero-order valence-electron chi connectivity index (χ0n) is 12.3. The standard InChI is InChI=1S/C14H15N5O2S/c1-10-7-13(21-16-10)9-22-14-15-17-18-19(14)8-11-3-5-12(20-2)6-4-11/h3-7H,8-9H2,1-2H3. The Hall–Kier alpha value is -2.35. The predicted octanol–water partition coefficient (Wildman–Crippen LogP) is 2.32. The quantitative estimate of drug-likeness (QED) is 0.645. The second kappa shape index (κ2) is 6.61. The summed E-state index contributed by atoms with van der Waals surface area (Å²) in [7, 11) is 1.65. The van der Waals surface area contributed by atoms with Crippen LogP contribution < -0.4 is 4.74 Å². The van der Waals surface area contributed by atoms with Gasteiger partial charge in [0.15, 0.2) is 0 Å². The number of ether oxygens (including phenoxy) is 1. The minimum Gasteiger partial charge on any atom is -0.497 e. The number of aryl methyl sites for hydroxylation is 1. The van der Waals surface area contributed by atoms with Gasteiger partial charge in [0.2, 0.25) is 5.16 Å². The van der Waals surface area contributed by atoms with Gasteiger partial charge in [-0.2, -0.15) is 0 Å². The highest BCUT2D eigenvalue weighted by molar-refractivity contribution is 7.98. The third kappa shape index (κ3) is 3.45. The van der Waals surface area contributed by atoms with Crippen molar-refractivity contribution in [2.75, 3.05) is 7.11 Å². The highest BCUT2D eigenvalue weighted by atomic mass is 32.2. The summed E-state index contributed by atoms with van der Waals surface area (Å²) in [4.78, 5) is 0. The van der Waals surface area contributed by atoms with Gasteiger partial charge in [0.1, 0.15) is 11.5 Å². The number of thioether (sulfide) groups is 1. The first-order chi connectivity index (χ1) is 10.7. The van der Waals surface area contributed by atoms with Gasteiger partial charge in [-0.3, -0.25) is 0 Å². The van der Waals surface area contributed by atoms with Crippen molar-refractivity contribution in [3.63, 3.8) is 0 Å². The van der Waals surface area contributed by atoms with Crippen LogP contribution in [0.4, 0.5) is 0 Å². The fraction of sp³-hybridized carbons (Fsp3) is 0.286. The smallest absolute Gasteiger partial charge is 0.210 e. The van der Waals surface area contributed by atoms with Gasteiger partial charge in [-0.15, -0.1) is 5.10 Å². The summed E-state index contributed by atoms with van der Waals surface area (Å²) >= 11 is 1.52. The Morgan fingerprint density at radius 2 is 2.09 bits per heavy atom. The van der Waals surface area contributed by atoms with E-state index in [1.807, 2.05) is 37.3 Å². The number of aromatic nitrogens is 5. The lowest BCUT2D eigenvalue weighted by atomic mass is 10.2. The summed E-state index contributed by atoms with van der Waals surface area (Å²) in [5.41, 5.74) is 1.97. The maximum absolute atomic E-state index is 5.18. The van der Waals surface area contributed by atoms with E-state index in [9.17, 15) is 0 Å². The van der Waals surface area contributed by atoms with Gasteiger partial charge >= 0.3 is 0 Å². The fourth-order valence-electron chi connectivity index (χ4n) is 1.92. The summed E-state index contributed by atoms with van der Waals surface area (Å²) < 4.78 is 12.1. The van der Waals surface area contributed by atoms with E-state index in [0.717, 1.165) is 27.9 Å². The maximum Gasteiger partial charge on any atom is 0.210 e. The molecule has 8 heteroatoms. The zero-order chi connectivity index (χ0) is 15.4. The highest BCUT2D eigenvalue weighted by Crippen LogP contribution is 2.21. The number of hydrogen-bond acceptors (Lipinski definition) is 7. The van der Waals surface area contributed by atoms with Gasteiger partial charge in [-0.25, -0.2) is 4.68 Å². The normalized spacial score (nSPS) is 10.8. The fourth-order valence-corrected chi connectivity index (χ4v) is 2.67. The first kappa shape index (κ1) is 14.6. The monoisotopic (exact) mass is 317 g/mol. The molecule has 114 valence electrons. The van der Waals surface area contributed by atoms with E-state index in [2.05, 4.69) is 20.7 Å². The minimum absolute atomic E-state index is 0.606. The van der Waals surface area contributed by atoms with E-state index >= 15 is 0 Å². The van der Waals surface area contributed by atoms with E-state index in [0.29, 0.717) is 12.3 Å². The lowest BCUT2D eigenvalue weighted by Crippen LogP contribution is -2.03. The van der Waals surface area contributed by atoms with E-state index in [-0.39, 0.29) is 0 Å². The molecule has 0 bridgehead atoms. The van der Waals surface area contributed by atoms with Gasteiger partial charge in [0, 0.05) is 6.07 Å². The van der Waals surface area contributed by atoms with Crippen LogP contribution in [0.5, 0.6) is 5.75 Å². The molecule has 0 atom stereocenters. The Bertz CT molecular complexity index is 738. The average molecular weight is 317 g/mol. The Balaban J connectivity index is 1.66. The molecule has 0 radical (unpaired) electrons. The van der Waals surface area contributed by atoms with Crippen LogP contribution in [0.1, 0.15) is 17.0 Å². The molecule has 2 heterocycles. The Morgan fingerprint density at radius 3 is 2.77 bits per heavy atom. The molecular formula is C14H15N5O2S. The Labute approximate surface area is 131 Å². The molecule has 0 aliphatic rings. The molecule has 0 aliphatic heterocycles. The molecule has 2 aromatic heterocycles. The van der Waals surface area contributed by atoms with Crippen molar-refractivity contribution in [1.82, 2.24) is 25.4 Å². The highest BCUT2D eigenvalue weighted by Gasteiger charge is 2.10. The molecule has 1 aromatic carbocycles. The van der Waals surface area contributed by atoms with E-state index in [1.54, 1.807) is 11.8 Å². The zero-order valence-corrected chi connectivity index (χ0v) is 13.1. The molecule has 22 heavy (non-hydrogen) atoms. The molecule has 0 amide bonds. The lowest BCUT2D eigenvalue weighted by molar-refractivity contribution is 0.391.